The van der Waals surface area contributed by atoms with Gasteiger partial charge in [0.1, 0.15) is 17.7 Å². The van der Waals surface area contributed by atoms with E-state index < -0.39 is 28.1 Å². The molecule has 0 fully saturated rings. The van der Waals surface area contributed by atoms with Crippen molar-refractivity contribution in [3.05, 3.63) is 109 Å². The zero-order valence-corrected chi connectivity index (χ0v) is 16.8. The van der Waals surface area contributed by atoms with E-state index in [1.807, 2.05) is 32.0 Å². The van der Waals surface area contributed by atoms with Gasteiger partial charge in [-0.1, -0.05) is 53.6 Å². The first-order chi connectivity index (χ1) is 14.8. The summed E-state index contributed by atoms with van der Waals surface area (Å²) in [5, 5.41) is 11.9. The number of ketones is 2. The van der Waals surface area contributed by atoms with Crippen molar-refractivity contribution in [1.82, 2.24) is 0 Å². The molecule has 0 aliphatic heterocycles. The van der Waals surface area contributed by atoms with E-state index >= 15 is 0 Å². The van der Waals surface area contributed by atoms with Crippen molar-refractivity contribution in [3.63, 3.8) is 0 Å². The van der Waals surface area contributed by atoms with Gasteiger partial charge < -0.3 is 4.74 Å². The average molecular weight is 415 g/mol. The molecule has 1 aliphatic rings. The van der Waals surface area contributed by atoms with Gasteiger partial charge >= 0.3 is 5.97 Å². The van der Waals surface area contributed by atoms with E-state index in [1.54, 1.807) is 12.1 Å². The summed E-state index contributed by atoms with van der Waals surface area (Å²) in [5.74, 6) is -2.10. The number of ether oxygens (including phenoxy) is 1. The standard InChI is InChI=1S/C24H17NO6/c1-13-9-14(2)11-15(10-13)12-31-24(28)19-8-7-18-20(21(19)25(29)30)23(27)17-6-4-3-5-16(17)22(18)26/h3-11H,12H2,1-2H3. The molecule has 0 atom stereocenters. The largest absolute Gasteiger partial charge is 0.457 e. The van der Waals surface area contributed by atoms with Crippen LogP contribution in [0.1, 0.15) is 58.9 Å². The molecule has 31 heavy (non-hydrogen) atoms. The van der Waals surface area contributed by atoms with E-state index in [1.165, 1.54) is 24.3 Å². The summed E-state index contributed by atoms with van der Waals surface area (Å²) < 4.78 is 5.30. The number of hydrogen-bond donors (Lipinski definition) is 0. The Morgan fingerprint density at radius 3 is 2.13 bits per heavy atom. The first-order valence-electron chi connectivity index (χ1n) is 9.52. The normalized spacial score (nSPS) is 12.2. The van der Waals surface area contributed by atoms with Crippen LogP contribution in [0.2, 0.25) is 0 Å². The summed E-state index contributed by atoms with van der Waals surface area (Å²) in [6, 6.07) is 14.2. The van der Waals surface area contributed by atoms with E-state index in [2.05, 4.69) is 0 Å². The maximum Gasteiger partial charge on any atom is 0.345 e. The van der Waals surface area contributed by atoms with Crippen molar-refractivity contribution in [3.8, 4) is 0 Å². The van der Waals surface area contributed by atoms with Crippen LogP contribution < -0.4 is 0 Å². The molecule has 7 heteroatoms. The summed E-state index contributed by atoms with van der Waals surface area (Å²) in [4.78, 5) is 49.5. The summed E-state index contributed by atoms with van der Waals surface area (Å²) in [6.07, 6.45) is 0. The lowest BCUT2D eigenvalue weighted by Gasteiger charge is -2.18. The van der Waals surface area contributed by atoms with Crippen molar-refractivity contribution >= 4 is 23.2 Å². The lowest BCUT2D eigenvalue weighted by Crippen LogP contribution is -2.23. The van der Waals surface area contributed by atoms with Crippen LogP contribution in [-0.4, -0.2) is 22.5 Å². The highest BCUT2D eigenvalue weighted by Gasteiger charge is 2.38. The molecule has 0 N–H and O–H groups in total. The fourth-order valence-corrected chi connectivity index (χ4v) is 3.90. The molecule has 4 rings (SSSR count). The highest BCUT2D eigenvalue weighted by atomic mass is 16.6. The Kier molecular flexibility index (Phi) is 4.94. The third-order valence-electron chi connectivity index (χ3n) is 5.12. The molecular weight excluding hydrogens is 398 g/mol. The van der Waals surface area contributed by atoms with Crippen LogP contribution >= 0.6 is 0 Å². The summed E-state index contributed by atoms with van der Waals surface area (Å²) in [5.41, 5.74) is 1.43. The van der Waals surface area contributed by atoms with E-state index in [9.17, 15) is 24.5 Å². The van der Waals surface area contributed by atoms with Crippen LogP contribution in [-0.2, 0) is 11.3 Å². The average Bonchev–Trinajstić information content (AvgIpc) is 2.74. The minimum Gasteiger partial charge on any atom is -0.457 e. The summed E-state index contributed by atoms with van der Waals surface area (Å²) in [7, 11) is 0. The molecule has 3 aromatic rings. The van der Waals surface area contributed by atoms with Crippen molar-refractivity contribution in [2.75, 3.05) is 0 Å². The van der Waals surface area contributed by atoms with E-state index in [0.29, 0.717) is 0 Å². The first kappa shape index (κ1) is 20.2. The summed E-state index contributed by atoms with van der Waals surface area (Å²) >= 11 is 0. The third-order valence-corrected chi connectivity index (χ3v) is 5.12. The van der Waals surface area contributed by atoms with Crippen LogP contribution in [0.15, 0.2) is 54.6 Å². The lowest BCUT2D eigenvalue weighted by atomic mass is 9.82. The molecule has 0 amide bonds. The van der Waals surface area contributed by atoms with Crippen molar-refractivity contribution in [2.24, 2.45) is 0 Å². The number of hydrogen-bond acceptors (Lipinski definition) is 6. The van der Waals surface area contributed by atoms with E-state index in [0.717, 1.165) is 16.7 Å². The van der Waals surface area contributed by atoms with Gasteiger partial charge in [-0.15, -0.1) is 0 Å². The number of fused-ring (bicyclic) bond motifs is 2. The Morgan fingerprint density at radius 2 is 1.52 bits per heavy atom. The van der Waals surface area contributed by atoms with Crippen LogP contribution in [0.3, 0.4) is 0 Å². The summed E-state index contributed by atoms with van der Waals surface area (Å²) in [6.45, 7) is 3.74. The van der Waals surface area contributed by atoms with E-state index in [-0.39, 0.29) is 34.4 Å². The van der Waals surface area contributed by atoms with Gasteiger partial charge in [-0.2, -0.15) is 0 Å². The zero-order valence-electron chi connectivity index (χ0n) is 16.8. The van der Waals surface area contributed by atoms with Gasteiger partial charge in [-0.25, -0.2) is 4.79 Å². The maximum absolute atomic E-state index is 13.0. The second-order valence-electron chi connectivity index (χ2n) is 7.42. The van der Waals surface area contributed by atoms with Crippen molar-refractivity contribution < 1.29 is 24.0 Å². The number of carbonyl (C=O) groups excluding carboxylic acids is 3. The Bertz CT molecular complexity index is 1270. The number of benzene rings is 3. The number of rotatable bonds is 4. The van der Waals surface area contributed by atoms with Gasteiger partial charge in [0, 0.05) is 16.7 Å². The van der Waals surface area contributed by atoms with Crippen LogP contribution in [0.25, 0.3) is 0 Å². The molecule has 0 saturated carbocycles. The number of nitro groups is 1. The number of carbonyl (C=O) groups is 3. The number of nitrogens with zero attached hydrogens (tertiary/aromatic N) is 1. The molecule has 1 aliphatic carbocycles. The number of aryl methyl sites for hydroxylation is 2. The SMILES string of the molecule is Cc1cc(C)cc(COC(=O)c2ccc3c(c2[N+](=O)[O-])C(=O)c2ccccc2C3=O)c1. The molecule has 0 spiro atoms. The van der Waals surface area contributed by atoms with Crippen molar-refractivity contribution in [2.45, 2.75) is 20.5 Å². The van der Waals surface area contributed by atoms with Gasteiger partial charge in [0.15, 0.2) is 5.78 Å². The first-order valence-corrected chi connectivity index (χ1v) is 9.52. The highest BCUT2D eigenvalue weighted by Crippen LogP contribution is 2.35. The second-order valence-corrected chi connectivity index (χ2v) is 7.42. The van der Waals surface area contributed by atoms with E-state index in [4.69, 9.17) is 4.74 Å². The van der Waals surface area contributed by atoms with Gasteiger partial charge in [0.25, 0.3) is 5.69 Å². The molecule has 0 radical (unpaired) electrons. The molecule has 0 heterocycles. The number of esters is 1. The number of nitro benzene ring substituents is 1. The fourth-order valence-electron chi connectivity index (χ4n) is 3.90. The maximum atomic E-state index is 13.0. The van der Waals surface area contributed by atoms with Gasteiger partial charge in [-0.05, 0) is 31.5 Å². The van der Waals surface area contributed by atoms with Crippen LogP contribution in [0.4, 0.5) is 5.69 Å². The Balaban J connectivity index is 1.74. The molecule has 154 valence electrons. The highest BCUT2D eigenvalue weighted by molar-refractivity contribution is 6.30. The van der Waals surface area contributed by atoms with Gasteiger partial charge in [0.05, 0.1) is 4.92 Å². The molecule has 0 aromatic heterocycles. The molecular formula is C24H17NO6. The zero-order chi connectivity index (χ0) is 22.3. The minimum atomic E-state index is -0.937. The van der Waals surface area contributed by atoms with Gasteiger partial charge in [-0.3, -0.25) is 19.7 Å². The quantitative estimate of drug-likeness (QED) is 0.279. The Morgan fingerprint density at radius 1 is 0.903 bits per heavy atom. The predicted molar refractivity (Wildman–Crippen MR) is 111 cm³/mol. The molecule has 0 unspecified atom stereocenters. The smallest absolute Gasteiger partial charge is 0.345 e. The predicted octanol–water partition coefficient (Wildman–Crippen LogP) is 4.34. The molecule has 3 aromatic carbocycles. The minimum absolute atomic E-state index is 0.0730. The second kappa shape index (κ2) is 7.60. The molecule has 0 bridgehead atoms. The van der Waals surface area contributed by atoms with Gasteiger partial charge in [0.2, 0.25) is 5.78 Å². The fraction of sp³-hybridized carbons (Fsp3) is 0.125. The van der Waals surface area contributed by atoms with Crippen LogP contribution in [0.5, 0.6) is 0 Å². The lowest BCUT2D eigenvalue weighted by molar-refractivity contribution is -0.385. The molecule has 7 nitrogen and oxygen atoms in total. The topological polar surface area (TPSA) is 104 Å². The van der Waals surface area contributed by atoms with Crippen molar-refractivity contribution in [1.29, 1.82) is 0 Å². The monoisotopic (exact) mass is 415 g/mol. The third kappa shape index (κ3) is 3.50. The van der Waals surface area contributed by atoms with Crippen LogP contribution in [0, 0.1) is 24.0 Å². The Labute approximate surface area is 177 Å². The molecule has 0 saturated heterocycles. The Hall–Kier alpha value is -4.13.